The van der Waals surface area contributed by atoms with Gasteiger partial charge >= 0.3 is 0 Å². The summed E-state index contributed by atoms with van der Waals surface area (Å²) in [6.45, 7) is 7.52. The van der Waals surface area contributed by atoms with Crippen LogP contribution in [0.4, 0.5) is 0 Å². The number of nitrogens with one attached hydrogen (secondary N) is 2. The molecule has 0 aliphatic rings. The fourth-order valence-electron chi connectivity index (χ4n) is 1.55. The van der Waals surface area contributed by atoms with Crippen molar-refractivity contribution in [1.29, 1.82) is 0 Å². The van der Waals surface area contributed by atoms with Crippen LogP contribution in [0.2, 0.25) is 0 Å². The first-order valence-corrected chi connectivity index (χ1v) is 9.62. The van der Waals surface area contributed by atoms with Crippen LogP contribution >= 0.6 is 11.8 Å². The van der Waals surface area contributed by atoms with E-state index in [-0.39, 0.29) is 6.04 Å². The number of hydrogen-bond donors (Lipinski definition) is 2. The minimum absolute atomic E-state index is 0.0104. The van der Waals surface area contributed by atoms with E-state index in [4.69, 9.17) is 0 Å². The lowest BCUT2D eigenvalue weighted by Gasteiger charge is -2.22. The van der Waals surface area contributed by atoms with Crippen LogP contribution in [0.5, 0.6) is 0 Å². The maximum atomic E-state index is 12.1. The number of nitrogens with zero attached hydrogens (tertiary/aromatic N) is 1. The molecule has 1 atom stereocenters. The van der Waals surface area contributed by atoms with E-state index in [0.717, 1.165) is 25.1 Å². The van der Waals surface area contributed by atoms with Gasteiger partial charge in [-0.05, 0) is 25.6 Å². The highest BCUT2D eigenvalue weighted by Gasteiger charge is 2.20. The van der Waals surface area contributed by atoms with Crippen molar-refractivity contribution in [2.75, 3.05) is 32.1 Å². The topological polar surface area (TPSA) is 61.4 Å². The zero-order chi connectivity index (χ0) is 14.9. The van der Waals surface area contributed by atoms with Crippen LogP contribution in [0.25, 0.3) is 0 Å². The van der Waals surface area contributed by atoms with Gasteiger partial charge in [0.25, 0.3) is 10.2 Å². The highest BCUT2D eigenvalue weighted by molar-refractivity contribution is 7.98. The van der Waals surface area contributed by atoms with Crippen molar-refractivity contribution in [1.82, 2.24) is 14.3 Å². The second-order valence-corrected chi connectivity index (χ2v) is 7.69. The van der Waals surface area contributed by atoms with Crippen LogP contribution in [-0.2, 0) is 10.2 Å². The summed E-state index contributed by atoms with van der Waals surface area (Å²) in [5.74, 6) is 0.804. The van der Waals surface area contributed by atoms with Crippen molar-refractivity contribution in [3.63, 3.8) is 0 Å². The molecule has 0 aromatic carbocycles. The van der Waals surface area contributed by atoms with Crippen LogP contribution in [-0.4, -0.2) is 57.0 Å². The van der Waals surface area contributed by atoms with E-state index in [2.05, 4.69) is 23.9 Å². The van der Waals surface area contributed by atoms with Gasteiger partial charge in [0, 0.05) is 31.4 Å². The molecule has 0 bridgehead atoms. The number of thioether (sulfide) groups is 1. The zero-order valence-electron chi connectivity index (χ0n) is 12.8. The van der Waals surface area contributed by atoms with Crippen LogP contribution in [0.1, 0.15) is 33.6 Å². The highest BCUT2D eigenvalue weighted by Crippen LogP contribution is 2.05. The normalized spacial score (nSPS) is 14.3. The molecule has 0 heterocycles. The molecule has 0 saturated carbocycles. The van der Waals surface area contributed by atoms with Crippen molar-refractivity contribution >= 4 is 22.0 Å². The van der Waals surface area contributed by atoms with Gasteiger partial charge in [0.2, 0.25) is 0 Å². The number of rotatable bonds is 11. The minimum atomic E-state index is -3.35. The van der Waals surface area contributed by atoms with Crippen molar-refractivity contribution < 1.29 is 8.42 Å². The van der Waals surface area contributed by atoms with Crippen molar-refractivity contribution in [2.24, 2.45) is 0 Å². The Labute approximate surface area is 123 Å². The van der Waals surface area contributed by atoms with E-state index in [0.29, 0.717) is 12.6 Å². The molecule has 1 unspecified atom stereocenters. The largest absolute Gasteiger partial charge is 0.314 e. The first-order chi connectivity index (χ1) is 8.83. The Kier molecular flexibility index (Phi) is 10.1. The molecule has 116 valence electrons. The van der Waals surface area contributed by atoms with Crippen molar-refractivity contribution in [2.45, 2.75) is 45.7 Å². The van der Waals surface area contributed by atoms with E-state index >= 15 is 0 Å². The van der Waals surface area contributed by atoms with Crippen molar-refractivity contribution in [3.8, 4) is 0 Å². The fraction of sp³-hybridized carbons (Fsp3) is 1.00. The summed E-state index contributed by atoms with van der Waals surface area (Å²) in [5, 5.41) is 3.28. The van der Waals surface area contributed by atoms with Crippen LogP contribution in [0.15, 0.2) is 0 Å². The van der Waals surface area contributed by atoms with Gasteiger partial charge in [-0.25, -0.2) is 0 Å². The second kappa shape index (κ2) is 9.99. The van der Waals surface area contributed by atoms with Gasteiger partial charge < -0.3 is 5.32 Å². The molecule has 0 rings (SSSR count). The maximum absolute atomic E-state index is 12.1. The van der Waals surface area contributed by atoms with Crippen LogP contribution < -0.4 is 10.0 Å². The first-order valence-electron chi connectivity index (χ1n) is 6.79. The van der Waals surface area contributed by atoms with Gasteiger partial charge in [-0.3, -0.25) is 0 Å². The minimum Gasteiger partial charge on any atom is -0.314 e. The Hall–Kier alpha value is 0.180. The second-order valence-electron chi connectivity index (χ2n) is 4.97. The molecule has 0 aromatic heterocycles. The lowest BCUT2D eigenvalue weighted by Crippen LogP contribution is -2.45. The van der Waals surface area contributed by atoms with Gasteiger partial charge in [-0.15, -0.1) is 0 Å². The zero-order valence-corrected chi connectivity index (χ0v) is 14.4. The Morgan fingerprint density at radius 2 is 1.95 bits per heavy atom. The lowest BCUT2D eigenvalue weighted by molar-refractivity contribution is 0.432. The molecule has 0 fully saturated rings. The first kappa shape index (κ1) is 19.2. The summed E-state index contributed by atoms with van der Waals surface area (Å²) in [7, 11) is -1.72. The van der Waals surface area contributed by atoms with E-state index in [1.165, 1.54) is 4.31 Å². The van der Waals surface area contributed by atoms with Crippen molar-refractivity contribution in [3.05, 3.63) is 0 Å². The van der Waals surface area contributed by atoms with E-state index in [9.17, 15) is 8.42 Å². The molecule has 0 amide bonds. The molecular formula is C12H29N3O2S2. The fourth-order valence-corrected chi connectivity index (χ4v) is 3.60. The average Bonchev–Trinajstić information content (AvgIpc) is 2.33. The molecule has 0 radical (unpaired) electrons. The smallest absolute Gasteiger partial charge is 0.279 e. The molecule has 5 nitrogen and oxygen atoms in total. The Balaban J connectivity index is 4.16. The van der Waals surface area contributed by atoms with Gasteiger partial charge in [0.1, 0.15) is 0 Å². The lowest BCUT2D eigenvalue weighted by atomic mass is 10.3. The molecule has 0 saturated heterocycles. The van der Waals surface area contributed by atoms with E-state index < -0.39 is 10.2 Å². The van der Waals surface area contributed by atoms with Crippen LogP contribution in [0, 0.1) is 0 Å². The molecule has 0 spiro atoms. The molecule has 0 aliphatic heterocycles. The molecular weight excluding hydrogens is 282 g/mol. The molecule has 0 aliphatic carbocycles. The Morgan fingerprint density at radius 3 is 2.42 bits per heavy atom. The van der Waals surface area contributed by atoms with E-state index in [1.807, 2.05) is 13.2 Å². The third kappa shape index (κ3) is 8.86. The predicted octanol–water partition coefficient (Wildman–Crippen LogP) is 1.28. The van der Waals surface area contributed by atoms with Gasteiger partial charge in [0.05, 0.1) is 0 Å². The molecule has 2 N–H and O–H groups in total. The van der Waals surface area contributed by atoms with Gasteiger partial charge in [-0.1, -0.05) is 20.8 Å². The third-order valence-corrected chi connectivity index (χ3v) is 5.16. The molecule has 19 heavy (non-hydrogen) atoms. The summed E-state index contributed by atoms with van der Waals surface area (Å²) in [5.41, 5.74) is 0. The summed E-state index contributed by atoms with van der Waals surface area (Å²) in [4.78, 5) is 0. The number of hydrogen-bond acceptors (Lipinski definition) is 4. The summed E-state index contributed by atoms with van der Waals surface area (Å²) >= 11 is 1.66. The average molecular weight is 312 g/mol. The summed E-state index contributed by atoms with van der Waals surface area (Å²) in [6.07, 6.45) is 3.61. The molecule has 0 aromatic rings. The van der Waals surface area contributed by atoms with Gasteiger partial charge in [0.15, 0.2) is 0 Å². The van der Waals surface area contributed by atoms with Gasteiger partial charge in [-0.2, -0.15) is 29.2 Å². The Bertz CT molecular complexity index is 321. The van der Waals surface area contributed by atoms with E-state index in [1.54, 1.807) is 18.8 Å². The standard InChI is InChI=1S/C12H29N3O2S2/c1-6-12(10-18-5)14-19(16,17)15(4)9-7-8-13-11(2)3/h11-14H,6-10H2,1-5H3. The monoisotopic (exact) mass is 311 g/mol. The quantitative estimate of drug-likeness (QED) is 0.564. The maximum Gasteiger partial charge on any atom is 0.279 e. The SMILES string of the molecule is CCC(CSC)NS(=O)(=O)N(C)CCCNC(C)C. The third-order valence-electron chi connectivity index (χ3n) is 2.79. The Morgan fingerprint density at radius 1 is 1.32 bits per heavy atom. The summed E-state index contributed by atoms with van der Waals surface area (Å²) in [6, 6.07) is 0.447. The highest BCUT2D eigenvalue weighted by atomic mass is 32.2. The van der Waals surface area contributed by atoms with Crippen LogP contribution in [0.3, 0.4) is 0 Å². The predicted molar refractivity (Wildman–Crippen MR) is 84.9 cm³/mol. The molecule has 7 heteroatoms. The summed E-state index contributed by atoms with van der Waals surface area (Å²) < 4.78 is 28.3.